The molecule has 3 atom stereocenters. The maximum Gasteiger partial charge on any atom is 0.315 e. The van der Waals surface area contributed by atoms with Crippen LogP contribution in [0.1, 0.15) is 26.1 Å². The number of imidazole rings is 1. The van der Waals surface area contributed by atoms with Crippen LogP contribution in [0.5, 0.6) is 0 Å². The second kappa shape index (κ2) is 10.1. The molecule has 1 aromatic heterocycles. The Balaban J connectivity index is 1.74. The second-order valence-corrected chi connectivity index (χ2v) is 8.55. The van der Waals surface area contributed by atoms with Gasteiger partial charge in [-0.05, 0) is 20.3 Å². The molecule has 3 heterocycles. The van der Waals surface area contributed by atoms with Gasteiger partial charge in [0.1, 0.15) is 18.5 Å². The van der Waals surface area contributed by atoms with E-state index in [1.54, 1.807) is 11.1 Å². The fraction of sp³-hybridized carbons (Fsp3) is 0.700. The number of rotatable bonds is 7. The van der Waals surface area contributed by atoms with Crippen molar-refractivity contribution in [3.8, 4) is 0 Å². The highest BCUT2D eigenvalue weighted by Crippen LogP contribution is 2.24. The maximum atomic E-state index is 13.3. The van der Waals surface area contributed by atoms with E-state index >= 15 is 0 Å². The second-order valence-electron chi connectivity index (χ2n) is 8.55. The first kappa shape index (κ1) is 23.0. The summed E-state index contributed by atoms with van der Waals surface area (Å²) < 4.78 is 6.84. The Labute approximate surface area is 182 Å². The molecule has 0 aromatic carbocycles. The Kier molecular flexibility index (Phi) is 7.50. The molecule has 31 heavy (non-hydrogen) atoms. The zero-order valence-electron chi connectivity index (χ0n) is 18.6. The van der Waals surface area contributed by atoms with Gasteiger partial charge in [0.05, 0.1) is 12.6 Å². The lowest BCUT2D eigenvalue weighted by Gasteiger charge is -2.24. The zero-order chi connectivity index (χ0) is 22.5. The molecule has 0 saturated carbocycles. The SMILES string of the molecule is COCC(=O)N[C@H]1CN(Cc2nccn2C)C[C@@H]2C[C@H](NC(=O)NC(C)C)CN2C1=O. The lowest BCUT2D eigenvalue weighted by molar-refractivity contribution is -0.137. The monoisotopic (exact) mass is 435 g/mol. The number of urea groups is 1. The third-order valence-corrected chi connectivity index (χ3v) is 5.56. The van der Waals surface area contributed by atoms with Crippen LogP contribution in [0.15, 0.2) is 12.4 Å². The average molecular weight is 436 g/mol. The molecule has 3 rings (SSSR count). The van der Waals surface area contributed by atoms with Crippen LogP contribution in [0.2, 0.25) is 0 Å². The summed E-state index contributed by atoms with van der Waals surface area (Å²) in [4.78, 5) is 45.9. The van der Waals surface area contributed by atoms with Gasteiger partial charge < -0.3 is 30.2 Å². The first-order valence-corrected chi connectivity index (χ1v) is 10.6. The van der Waals surface area contributed by atoms with Gasteiger partial charge in [-0.25, -0.2) is 9.78 Å². The van der Waals surface area contributed by atoms with Gasteiger partial charge in [-0.15, -0.1) is 0 Å². The van der Waals surface area contributed by atoms with Crippen LogP contribution in [0.4, 0.5) is 4.79 Å². The number of carbonyl (C=O) groups excluding carboxylic acids is 3. The quantitative estimate of drug-likeness (QED) is 0.508. The molecule has 0 unspecified atom stereocenters. The van der Waals surface area contributed by atoms with Crippen LogP contribution in [-0.2, 0) is 27.9 Å². The van der Waals surface area contributed by atoms with Gasteiger partial charge in [-0.2, -0.15) is 0 Å². The van der Waals surface area contributed by atoms with Gasteiger partial charge in [0, 0.05) is 58.3 Å². The summed E-state index contributed by atoms with van der Waals surface area (Å²) in [6.45, 7) is 5.69. The van der Waals surface area contributed by atoms with Crippen molar-refractivity contribution in [3.05, 3.63) is 18.2 Å². The Morgan fingerprint density at radius 1 is 1.26 bits per heavy atom. The first-order valence-electron chi connectivity index (χ1n) is 10.6. The van der Waals surface area contributed by atoms with E-state index < -0.39 is 6.04 Å². The Morgan fingerprint density at radius 3 is 2.68 bits per heavy atom. The molecular weight excluding hydrogens is 402 g/mol. The molecule has 2 aliphatic rings. The summed E-state index contributed by atoms with van der Waals surface area (Å²) in [5, 5.41) is 8.59. The van der Waals surface area contributed by atoms with Crippen molar-refractivity contribution < 1.29 is 19.1 Å². The predicted octanol–water partition coefficient (Wildman–Crippen LogP) is -0.956. The molecule has 172 valence electrons. The lowest BCUT2D eigenvalue weighted by Crippen LogP contribution is -2.52. The third-order valence-electron chi connectivity index (χ3n) is 5.56. The minimum Gasteiger partial charge on any atom is -0.375 e. The third kappa shape index (κ3) is 5.95. The lowest BCUT2D eigenvalue weighted by atomic mass is 10.1. The number of hydrogen-bond acceptors (Lipinski definition) is 6. The molecule has 0 radical (unpaired) electrons. The van der Waals surface area contributed by atoms with E-state index in [1.807, 2.05) is 31.7 Å². The molecule has 2 aliphatic heterocycles. The van der Waals surface area contributed by atoms with E-state index in [4.69, 9.17) is 4.74 Å². The van der Waals surface area contributed by atoms with Gasteiger partial charge in [0.25, 0.3) is 0 Å². The number of ether oxygens (including phenoxy) is 1. The molecule has 11 heteroatoms. The fourth-order valence-electron chi connectivity index (χ4n) is 4.21. The van der Waals surface area contributed by atoms with E-state index in [0.717, 1.165) is 5.82 Å². The predicted molar refractivity (Wildman–Crippen MR) is 113 cm³/mol. The zero-order valence-corrected chi connectivity index (χ0v) is 18.6. The standard InChI is InChI=1S/C20H33N7O4/c1-13(2)22-20(30)23-14-7-15-9-26(11-17-21-5-6-25(17)3)10-16(19(29)27(15)8-14)24-18(28)12-31-4/h5-6,13-16H,7-12H2,1-4H3,(H,24,28)(H2,22,23,30)/t14-,15-,16-/m0/s1. The molecule has 3 N–H and O–H groups in total. The van der Waals surface area contributed by atoms with Gasteiger partial charge in [-0.1, -0.05) is 0 Å². The Bertz CT molecular complexity index is 796. The molecule has 2 fully saturated rings. The summed E-state index contributed by atoms with van der Waals surface area (Å²) >= 11 is 0. The summed E-state index contributed by atoms with van der Waals surface area (Å²) in [7, 11) is 3.37. The van der Waals surface area contributed by atoms with Crippen molar-refractivity contribution in [3.63, 3.8) is 0 Å². The van der Waals surface area contributed by atoms with E-state index in [1.165, 1.54) is 7.11 Å². The molecule has 0 spiro atoms. The number of nitrogens with one attached hydrogen (secondary N) is 3. The number of hydrogen-bond donors (Lipinski definition) is 3. The number of aromatic nitrogens is 2. The number of nitrogens with zero attached hydrogens (tertiary/aromatic N) is 4. The number of aryl methyl sites for hydroxylation is 1. The van der Waals surface area contributed by atoms with Crippen LogP contribution < -0.4 is 16.0 Å². The highest BCUT2D eigenvalue weighted by Gasteiger charge is 2.43. The number of fused-ring (bicyclic) bond motifs is 1. The average Bonchev–Trinajstić information content (AvgIpc) is 3.23. The molecular formula is C20H33N7O4. The van der Waals surface area contributed by atoms with Crippen LogP contribution in [0.3, 0.4) is 0 Å². The van der Waals surface area contributed by atoms with Gasteiger partial charge in [0.2, 0.25) is 11.8 Å². The van der Waals surface area contributed by atoms with Crippen LogP contribution >= 0.6 is 0 Å². The summed E-state index contributed by atoms with van der Waals surface area (Å²) in [6, 6.07) is -1.09. The Hall–Kier alpha value is -2.66. The van der Waals surface area contributed by atoms with Crippen molar-refractivity contribution in [2.24, 2.45) is 7.05 Å². The number of amides is 4. The van der Waals surface area contributed by atoms with Gasteiger partial charge in [-0.3, -0.25) is 14.5 Å². The van der Waals surface area contributed by atoms with Crippen molar-refractivity contribution in [1.82, 2.24) is 35.3 Å². The normalized spacial score (nSPS) is 24.1. The largest absolute Gasteiger partial charge is 0.375 e. The smallest absolute Gasteiger partial charge is 0.315 e. The summed E-state index contributed by atoms with van der Waals surface area (Å²) in [6.07, 6.45) is 4.28. The summed E-state index contributed by atoms with van der Waals surface area (Å²) in [5.74, 6) is 0.415. The van der Waals surface area contributed by atoms with Crippen molar-refractivity contribution in [2.45, 2.75) is 51.0 Å². The van der Waals surface area contributed by atoms with E-state index in [-0.39, 0.29) is 42.6 Å². The van der Waals surface area contributed by atoms with E-state index in [0.29, 0.717) is 32.6 Å². The van der Waals surface area contributed by atoms with Gasteiger partial charge >= 0.3 is 6.03 Å². The molecule has 1 aromatic rings. The van der Waals surface area contributed by atoms with Crippen LogP contribution in [0, 0.1) is 0 Å². The van der Waals surface area contributed by atoms with E-state index in [9.17, 15) is 14.4 Å². The highest BCUT2D eigenvalue weighted by atomic mass is 16.5. The minimum atomic E-state index is -0.684. The first-order chi connectivity index (χ1) is 14.8. The Morgan fingerprint density at radius 2 is 2.03 bits per heavy atom. The molecule has 11 nitrogen and oxygen atoms in total. The molecule has 0 aliphatic carbocycles. The molecule has 0 bridgehead atoms. The van der Waals surface area contributed by atoms with E-state index in [2.05, 4.69) is 25.8 Å². The highest BCUT2D eigenvalue weighted by molar-refractivity contribution is 5.89. The van der Waals surface area contributed by atoms with Crippen LogP contribution in [-0.4, -0.2) is 94.7 Å². The fourth-order valence-corrected chi connectivity index (χ4v) is 4.21. The molecule has 2 saturated heterocycles. The number of carbonyl (C=O) groups is 3. The van der Waals surface area contributed by atoms with Crippen molar-refractivity contribution in [1.29, 1.82) is 0 Å². The maximum absolute atomic E-state index is 13.3. The van der Waals surface area contributed by atoms with Gasteiger partial charge in [0.15, 0.2) is 0 Å². The van der Waals surface area contributed by atoms with Crippen molar-refractivity contribution >= 4 is 17.8 Å². The van der Waals surface area contributed by atoms with Crippen LogP contribution in [0.25, 0.3) is 0 Å². The number of methoxy groups -OCH3 is 1. The molecule has 4 amide bonds. The minimum absolute atomic E-state index is 0.0301. The van der Waals surface area contributed by atoms with Crippen molar-refractivity contribution in [2.75, 3.05) is 33.4 Å². The summed E-state index contributed by atoms with van der Waals surface area (Å²) in [5.41, 5.74) is 0. The topological polar surface area (TPSA) is 121 Å².